The maximum absolute atomic E-state index is 12.8. The lowest BCUT2D eigenvalue weighted by Crippen LogP contribution is -2.13. The van der Waals surface area contributed by atoms with E-state index >= 15 is 0 Å². The number of pyridine rings is 1. The largest absolute Gasteiger partial charge is 0.508 e. The summed E-state index contributed by atoms with van der Waals surface area (Å²) in [6.07, 6.45) is 1.63. The van der Waals surface area contributed by atoms with E-state index in [1.54, 1.807) is 36.5 Å². The van der Waals surface area contributed by atoms with Crippen molar-refractivity contribution in [1.82, 2.24) is 4.98 Å². The molecule has 0 atom stereocenters. The Hall–Kier alpha value is -3.52. The predicted molar refractivity (Wildman–Crippen MR) is 123 cm³/mol. The molecule has 1 aromatic heterocycles. The fraction of sp³-hybridized carbons (Fsp3) is 0.0455. The van der Waals surface area contributed by atoms with E-state index in [0.29, 0.717) is 17.7 Å². The zero-order chi connectivity index (χ0) is 21.1. The molecular weight excluding hydrogens is 397 g/mol. The van der Waals surface area contributed by atoms with Gasteiger partial charge in [-0.3, -0.25) is 9.71 Å². The molecule has 4 aromatic rings. The van der Waals surface area contributed by atoms with Gasteiger partial charge in [0.05, 0.1) is 16.1 Å². The zero-order valence-electron chi connectivity index (χ0n) is 16.3. The Morgan fingerprint density at radius 3 is 2.50 bits per heavy atom. The van der Waals surface area contributed by atoms with Gasteiger partial charge in [-0.15, -0.1) is 0 Å². The predicted octanol–water partition coefficient (Wildman–Crippen LogP) is 2.61. The normalized spacial score (nSPS) is 11.3. The Morgan fingerprint density at radius 1 is 0.967 bits per heavy atom. The van der Waals surface area contributed by atoms with Gasteiger partial charge in [-0.05, 0) is 42.5 Å². The molecule has 0 spiro atoms. The average Bonchev–Trinajstić information content (AvgIpc) is 2.73. The Bertz CT molecular complexity index is 1300. The number of nitrogens with zero attached hydrogens (tertiary/aromatic N) is 1. The molecule has 0 saturated carbocycles. The number of fused-ring (bicyclic) bond motifs is 1. The second-order valence-electron chi connectivity index (χ2n) is 7.00. The van der Waals surface area contributed by atoms with Gasteiger partial charge in [-0.25, -0.2) is 8.42 Å². The second-order valence-corrected chi connectivity index (χ2v) is 8.68. The van der Waals surface area contributed by atoms with Gasteiger partial charge in [-0.1, -0.05) is 35.8 Å². The van der Waals surface area contributed by atoms with Gasteiger partial charge in [-0.2, -0.15) is 0 Å². The minimum absolute atomic E-state index is 0.152. The van der Waals surface area contributed by atoms with Crippen LogP contribution >= 0.6 is 0 Å². The number of hydrogen-bond donors (Lipinski definition) is 3. The minimum Gasteiger partial charge on any atom is -0.508 e. The molecule has 0 fully saturated rings. The molecule has 6 nitrogen and oxygen atoms in total. The van der Waals surface area contributed by atoms with Crippen molar-refractivity contribution in [1.29, 1.82) is 0 Å². The molecule has 4 rings (SSSR count). The second kappa shape index (κ2) is 8.08. The molecule has 3 aromatic carbocycles. The Labute approximate surface area is 176 Å². The summed E-state index contributed by atoms with van der Waals surface area (Å²) in [6, 6.07) is 21.0. The van der Waals surface area contributed by atoms with Crippen molar-refractivity contribution in [2.24, 2.45) is 0 Å². The Balaban J connectivity index is 1.50. The van der Waals surface area contributed by atoms with Gasteiger partial charge in [0.25, 0.3) is 10.0 Å². The number of aromatic nitrogens is 1. The quantitative estimate of drug-likeness (QED) is 0.420. The number of anilines is 2. The molecule has 3 N–H and O–H groups in total. The SMILES string of the molecule is Bc1ccc(CNc2ccc(S(=O)(=O)Nc3cccc4cccnc34)cc2)c(O)c1. The van der Waals surface area contributed by atoms with Crippen LogP contribution in [0.1, 0.15) is 5.56 Å². The van der Waals surface area contributed by atoms with Gasteiger partial charge in [0, 0.05) is 29.4 Å². The van der Waals surface area contributed by atoms with Crippen LogP contribution < -0.4 is 15.5 Å². The van der Waals surface area contributed by atoms with Crippen LogP contribution in [0.25, 0.3) is 10.9 Å². The molecule has 0 unspecified atom stereocenters. The highest BCUT2D eigenvalue weighted by Crippen LogP contribution is 2.24. The topological polar surface area (TPSA) is 91.3 Å². The molecular formula is C22H20BN3O3S. The number of aromatic hydroxyl groups is 1. The minimum atomic E-state index is -3.76. The van der Waals surface area contributed by atoms with Gasteiger partial charge in [0.2, 0.25) is 0 Å². The van der Waals surface area contributed by atoms with E-state index < -0.39 is 10.0 Å². The van der Waals surface area contributed by atoms with Crippen molar-refractivity contribution >= 4 is 45.6 Å². The van der Waals surface area contributed by atoms with E-state index in [9.17, 15) is 13.5 Å². The number of sulfonamides is 1. The van der Waals surface area contributed by atoms with E-state index in [-0.39, 0.29) is 10.6 Å². The smallest absolute Gasteiger partial charge is 0.261 e. The molecule has 0 bridgehead atoms. The summed E-state index contributed by atoms with van der Waals surface area (Å²) in [4.78, 5) is 4.43. The van der Waals surface area contributed by atoms with E-state index in [0.717, 1.165) is 22.1 Å². The van der Waals surface area contributed by atoms with Crippen LogP contribution in [-0.2, 0) is 16.6 Å². The summed E-state index contributed by atoms with van der Waals surface area (Å²) in [5, 5.41) is 14.0. The third kappa shape index (κ3) is 4.23. The van der Waals surface area contributed by atoms with E-state index in [2.05, 4.69) is 15.0 Å². The van der Waals surface area contributed by atoms with Gasteiger partial charge >= 0.3 is 0 Å². The fourth-order valence-electron chi connectivity index (χ4n) is 3.16. The van der Waals surface area contributed by atoms with Crippen LogP contribution in [0.2, 0.25) is 0 Å². The number of para-hydroxylation sites is 1. The van der Waals surface area contributed by atoms with Crippen molar-refractivity contribution in [2.75, 3.05) is 10.0 Å². The lowest BCUT2D eigenvalue weighted by Gasteiger charge is -2.12. The summed E-state index contributed by atoms with van der Waals surface area (Å²) in [5.41, 5.74) is 3.53. The standard InChI is InChI=1S/C22H20BN3O3S/c23-17-7-6-16(21(27)13-17)14-25-18-8-10-19(11-9-18)30(28,29)26-20-5-1-3-15-4-2-12-24-22(15)20/h1-13,25-27H,14,23H2. The van der Waals surface area contributed by atoms with Crippen LogP contribution in [0.3, 0.4) is 0 Å². The average molecular weight is 417 g/mol. The molecule has 0 aliphatic heterocycles. The van der Waals surface area contributed by atoms with Crippen molar-refractivity contribution in [3.63, 3.8) is 0 Å². The summed E-state index contributed by atoms with van der Waals surface area (Å²) in [6.45, 7) is 0.429. The van der Waals surface area contributed by atoms with Crippen LogP contribution in [-0.4, -0.2) is 26.4 Å². The first kappa shape index (κ1) is 19.8. The fourth-order valence-corrected chi connectivity index (χ4v) is 4.23. The molecule has 150 valence electrons. The zero-order valence-corrected chi connectivity index (χ0v) is 17.1. The van der Waals surface area contributed by atoms with Crippen molar-refractivity contribution in [2.45, 2.75) is 11.4 Å². The number of phenols is 1. The molecule has 8 heteroatoms. The van der Waals surface area contributed by atoms with Crippen LogP contribution in [0.15, 0.2) is 83.9 Å². The summed E-state index contributed by atoms with van der Waals surface area (Å²) in [5.74, 6) is 0.231. The number of nitrogens with one attached hydrogen (secondary N) is 2. The van der Waals surface area contributed by atoms with Gasteiger partial charge in [0.15, 0.2) is 0 Å². The lowest BCUT2D eigenvalue weighted by molar-refractivity contribution is 0.469. The highest BCUT2D eigenvalue weighted by Gasteiger charge is 2.16. The molecule has 0 aliphatic carbocycles. The Morgan fingerprint density at radius 2 is 1.73 bits per heavy atom. The molecule has 0 amide bonds. The highest BCUT2D eigenvalue weighted by molar-refractivity contribution is 7.92. The van der Waals surface area contributed by atoms with Crippen LogP contribution in [0.5, 0.6) is 5.75 Å². The molecule has 1 heterocycles. The van der Waals surface area contributed by atoms with E-state index in [1.807, 2.05) is 38.2 Å². The number of benzene rings is 3. The highest BCUT2D eigenvalue weighted by atomic mass is 32.2. The lowest BCUT2D eigenvalue weighted by atomic mass is 9.94. The van der Waals surface area contributed by atoms with E-state index in [4.69, 9.17) is 0 Å². The van der Waals surface area contributed by atoms with Crippen molar-refractivity contribution in [3.05, 3.63) is 84.6 Å². The summed E-state index contributed by atoms with van der Waals surface area (Å²) in [7, 11) is -1.84. The monoisotopic (exact) mass is 417 g/mol. The van der Waals surface area contributed by atoms with Gasteiger partial charge < -0.3 is 10.4 Å². The first-order valence-electron chi connectivity index (χ1n) is 9.41. The third-order valence-electron chi connectivity index (χ3n) is 4.77. The summed E-state index contributed by atoms with van der Waals surface area (Å²) >= 11 is 0. The van der Waals surface area contributed by atoms with Crippen molar-refractivity contribution in [3.8, 4) is 5.75 Å². The number of rotatable bonds is 6. The molecule has 0 radical (unpaired) electrons. The molecule has 30 heavy (non-hydrogen) atoms. The maximum atomic E-state index is 12.8. The third-order valence-corrected chi connectivity index (χ3v) is 6.15. The van der Waals surface area contributed by atoms with E-state index in [1.165, 1.54) is 12.1 Å². The molecule has 0 aliphatic rings. The molecule has 0 saturated heterocycles. The summed E-state index contributed by atoms with van der Waals surface area (Å²) < 4.78 is 28.3. The first-order chi connectivity index (χ1) is 14.4. The number of hydrogen-bond acceptors (Lipinski definition) is 5. The first-order valence-corrected chi connectivity index (χ1v) is 10.9. The van der Waals surface area contributed by atoms with Crippen molar-refractivity contribution < 1.29 is 13.5 Å². The van der Waals surface area contributed by atoms with Gasteiger partial charge in [0.1, 0.15) is 13.6 Å². The Kier molecular flexibility index (Phi) is 5.33. The van der Waals surface area contributed by atoms with Crippen LogP contribution in [0.4, 0.5) is 11.4 Å². The number of phenolic OH excluding ortho intramolecular Hbond substituents is 1. The maximum Gasteiger partial charge on any atom is 0.261 e. The van der Waals surface area contributed by atoms with Crippen LogP contribution in [0, 0.1) is 0 Å².